The second kappa shape index (κ2) is 6.65. The van der Waals surface area contributed by atoms with Gasteiger partial charge in [0.2, 0.25) is 0 Å². The molecular formula is C14H27N7OP+. The number of aromatic nitrogens is 4. The molecule has 128 valence electrons. The van der Waals surface area contributed by atoms with Crippen LogP contribution in [0.25, 0.3) is 11.2 Å². The van der Waals surface area contributed by atoms with Gasteiger partial charge in [0.05, 0.1) is 6.33 Å². The number of rotatable bonds is 6. The molecule has 9 heteroatoms. The molecule has 0 atom stereocenters. The maximum Gasteiger partial charge on any atom is 0.418 e. The predicted molar refractivity (Wildman–Crippen MR) is 94.3 cm³/mol. The Hall–Kier alpha value is -1.34. The standard InChI is InChI=1S/C14H27N7OP/c1-11(2)21-10-17-12-13(21)15-9-16-14(12)22-23(18(3)4,19(5)6)20(7)8/h9-11H,1-8H3/q+1. The Kier molecular flexibility index (Phi) is 5.20. The molecule has 23 heavy (non-hydrogen) atoms. The van der Waals surface area contributed by atoms with E-state index in [9.17, 15) is 0 Å². The fourth-order valence-electron chi connectivity index (χ4n) is 2.71. The molecule has 8 nitrogen and oxygen atoms in total. The minimum atomic E-state index is -2.19. The largest absolute Gasteiger partial charge is 0.418 e. The second-order valence-electron chi connectivity index (χ2n) is 6.24. The van der Waals surface area contributed by atoms with Crippen LogP contribution in [0.4, 0.5) is 0 Å². The monoisotopic (exact) mass is 340 g/mol. The van der Waals surface area contributed by atoms with Crippen LogP contribution in [-0.4, -0.2) is 75.8 Å². The molecule has 0 N–H and O–H groups in total. The molecule has 0 aliphatic heterocycles. The van der Waals surface area contributed by atoms with Crippen molar-refractivity contribution in [3.63, 3.8) is 0 Å². The number of hydrogen-bond acceptors (Lipinski definition) is 7. The quantitative estimate of drug-likeness (QED) is 0.747. The molecule has 2 heterocycles. The molecular weight excluding hydrogens is 313 g/mol. The average molecular weight is 340 g/mol. The van der Waals surface area contributed by atoms with Crippen molar-refractivity contribution in [2.75, 3.05) is 42.3 Å². The van der Waals surface area contributed by atoms with Gasteiger partial charge in [0.15, 0.2) is 11.2 Å². The van der Waals surface area contributed by atoms with Crippen molar-refractivity contribution in [2.45, 2.75) is 19.9 Å². The molecule has 0 aliphatic rings. The van der Waals surface area contributed by atoms with Crippen molar-refractivity contribution in [1.29, 1.82) is 0 Å². The van der Waals surface area contributed by atoms with Gasteiger partial charge in [0, 0.05) is 48.3 Å². The normalized spacial score (nSPS) is 13.0. The summed E-state index contributed by atoms with van der Waals surface area (Å²) in [6.07, 6.45) is 3.33. The van der Waals surface area contributed by atoms with Crippen LogP contribution in [0.3, 0.4) is 0 Å². The van der Waals surface area contributed by atoms with Crippen LogP contribution in [-0.2, 0) is 0 Å². The minimum absolute atomic E-state index is 0.277. The third-order valence-corrected chi connectivity index (χ3v) is 7.20. The van der Waals surface area contributed by atoms with Crippen molar-refractivity contribution < 1.29 is 4.52 Å². The van der Waals surface area contributed by atoms with E-state index in [4.69, 9.17) is 4.52 Å². The zero-order valence-corrected chi connectivity index (χ0v) is 16.1. The van der Waals surface area contributed by atoms with Gasteiger partial charge in [-0.25, -0.2) is 9.97 Å². The number of fused-ring (bicyclic) bond motifs is 1. The highest BCUT2D eigenvalue weighted by Gasteiger charge is 2.53. The molecule has 2 aromatic rings. The highest BCUT2D eigenvalue weighted by Crippen LogP contribution is 2.63. The van der Waals surface area contributed by atoms with Crippen molar-refractivity contribution in [3.05, 3.63) is 12.7 Å². The predicted octanol–water partition coefficient (Wildman–Crippen LogP) is 2.15. The second-order valence-corrected chi connectivity index (χ2v) is 9.85. The summed E-state index contributed by atoms with van der Waals surface area (Å²) in [5.41, 5.74) is 1.48. The van der Waals surface area contributed by atoms with Crippen LogP contribution >= 0.6 is 7.94 Å². The summed E-state index contributed by atoms with van der Waals surface area (Å²) < 4.78 is 14.8. The van der Waals surface area contributed by atoms with Crippen LogP contribution in [0.15, 0.2) is 12.7 Å². The maximum absolute atomic E-state index is 6.45. The van der Waals surface area contributed by atoms with Crippen LogP contribution < -0.4 is 4.52 Å². The van der Waals surface area contributed by atoms with Crippen molar-refractivity contribution in [3.8, 4) is 5.88 Å². The summed E-state index contributed by atoms with van der Waals surface area (Å²) in [6.45, 7) is 4.20. The number of nitrogens with zero attached hydrogens (tertiary/aromatic N) is 7. The molecule has 0 radical (unpaired) electrons. The van der Waals surface area contributed by atoms with E-state index in [2.05, 4.69) is 42.8 Å². The topological polar surface area (TPSA) is 62.6 Å². The first-order valence-corrected chi connectivity index (χ1v) is 9.08. The lowest BCUT2D eigenvalue weighted by Gasteiger charge is -2.36. The van der Waals surface area contributed by atoms with Crippen LogP contribution in [0.2, 0.25) is 0 Å². The molecule has 0 fully saturated rings. The Morgan fingerprint density at radius 2 is 1.52 bits per heavy atom. The first-order chi connectivity index (χ1) is 10.7. The number of imidazole rings is 1. The maximum atomic E-state index is 6.45. The van der Waals surface area contributed by atoms with Gasteiger partial charge in [-0.15, -0.1) is 14.0 Å². The fraction of sp³-hybridized carbons (Fsp3) is 0.643. The van der Waals surface area contributed by atoms with Crippen molar-refractivity contribution in [2.24, 2.45) is 0 Å². The summed E-state index contributed by atoms with van der Waals surface area (Å²) in [7, 11) is 9.88. The third kappa shape index (κ3) is 3.04. The van der Waals surface area contributed by atoms with E-state index in [1.807, 2.05) is 46.9 Å². The summed E-state index contributed by atoms with van der Waals surface area (Å²) in [5, 5.41) is 0. The van der Waals surface area contributed by atoms with Gasteiger partial charge >= 0.3 is 13.8 Å². The summed E-state index contributed by atoms with van der Waals surface area (Å²) >= 11 is 0. The molecule has 0 aliphatic carbocycles. The molecule has 0 unspecified atom stereocenters. The summed E-state index contributed by atoms with van der Waals surface area (Å²) in [5.74, 6) is 0.513. The van der Waals surface area contributed by atoms with Crippen LogP contribution in [0.1, 0.15) is 19.9 Å². The molecule has 0 saturated carbocycles. The average Bonchev–Trinajstić information content (AvgIpc) is 2.88. The lowest BCUT2D eigenvalue weighted by atomic mass is 10.4. The smallest absolute Gasteiger partial charge is 0.313 e. The highest BCUT2D eigenvalue weighted by atomic mass is 31.2. The van der Waals surface area contributed by atoms with E-state index in [1.165, 1.54) is 6.33 Å². The van der Waals surface area contributed by atoms with Gasteiger partial charge in [-0.05, 0) is 13.8 Å². The van der Waals surface area contributed by atoms with E-state index < -0.39 is 7.94 Å². The zero-order valence-electron chi connectivity index (χ0n) is 15.2. The minimum Gasteiger partial charge on any atom is -0.313 e. The van der Waals surface area contributed by atoms with Gasteiger partial charge in [0.1, 0.15) is 6.33 Å². The Morgan fingerprint density at radius 1 is 0.957 bits per heavy atom. The van der Waals surface area contributed by atoms with Gasteiger partial charge in [0.25, 0.3) is 0 Å². The van der Waals surface area contributed by atoms with Crippen LogP contribution in [0.5, 0.6) is 5.88 Å². The van der Waals surface area contributed by atoms with Crippen LogP contribution in [0, 0.1) is 0 Å². The fourth-order valence-corrected chi connectivity index (χ4v) is 5.71. The highest BCUT2D eigenvalue weighted by molar-refractivity contribution is 7.64. The van der Waals surface area contributed by atoms with E-state index >= 15 is 0 Å². The lowest BCUT2D eigenvalue weighted by molar-refractivity contribution is 0.347. The summed E-state index contributed by atoms with van der Waals surface area (Å²) in [4.78, 5) is 13.2. The van der Waals surface area contributed by atoms with Crippen molar-refractivity contribution in [1.82, 2.24) is 33.5 Å². The Labute approximate surface area is 138 Å². The Bertz CT molecular complexity index is 646. The van der Waals surface area contributed by atoms with E-state index in [1.54, 1.807) is 6.33 Å². The molecule has 0 spiro atoms. The lowest BCUT2D eigenvalue weighted by Crippen LogP contribution is -2.39. The van der Waals surface area contributed by atoms with E-state index in [0.29, 0.717) is 11.4 Å². The first kappa shape index (κ1) is 18.0. The summed E-state index contributed by atoms with van der Waals surface area (Å²) in [6, 6.07) is 0.277. The van der Waals surface area contributed by atoms with Gasteiger partial charge < -0.3 is 4.57 Å². The van der Waals surface area contributed by atoms with Gasteiger partial charge in [-0.3, -0.25) is 4.52 Å². The Morgan fingerprint density at radius 3 is 2.00 bits per heavy atom. The SMILES string of the molecule is CC(C)n1cnc2c(O[P+](N(C)C)(N(C)C)N(C)C)ncnc21. The van der Waals surface area contributed by atoms with Crippen molar-refractivity contribution >= 4 is 19.1 Å². The molecule has 0 saturated heterocycles. The van der Waals surface area contributed by atoms with E-state index in [-0.39, 0.29) is 6.04 Å². The Balaban J connectivity index is 2.55. The first-order valence-electron chi connectivity index (χ1n) is 7.51. The van der Waals surface area contributed by atoms with Gasteiger partial charge in [-0.1, -0.05) is 0 Å². The molecule has 2 aromatic heterocycles. The van der Waals surface area contributed by atoms with Gasteiger partial charge in [-0.2, -0.15) is 4.98 Å². The number of hydrogen-bond donors (Lipinski definition) is 0. The molecule has 0 aromatic carbocycles. The molecule has 2 rings (SSSR count). The zero-order chi connectivity index (χ0) is 17.4. The third-order valence-electron chi connectivity index (χ3n) is 3.65. The molecule has 0 bridgehead atoms. The molecule has 0 amide bonds. The van der Waals surface area contributed by atoms with E-state index in [0.717, 1.165) is 5.65 Å².